The number of aliphatic hydroxyl groups is 1. The van der Waals surface area contributed by atoms with E-state index in [1.54, 1.807) is 0 Å². The number of hydrogen-bond donors (Lipinski definition) is 3. The molecule has 1 fully saturated rings. The Morgan fingerprint density at radius 1 is 1.31 bits per heavy atom. The van der Waals surface area contributed by atoms with E-state index >= 15 is 0 Å². The van der Waals surface area contributed by atoms with E-state index in [9.17, 15) is 5.11 Å². The van der Waals surface area contributed by atoms with Crippen molar-refractivity contribution in [3.8, 4) is 0 Å². The molecule has 2 atom stereocenters. The Balaban J connectivity index is 0.00000420. The third-order valence-electron chi connectivity index (χ3n) is 5.01. The van der Waals surface area contributed by atoms with Gasteiger partial charge in [0.15, 0.2) is 5.96 Å². The van der Waals surface area contributed by atoms with Crippen LogP contribution in [0.5, 0.6) is 0 Å². The molecule has 1 aliphatic heterocycles. The molecule has 8 heteroatoms. The van der Waals surface area contributed by atoms with Gasteiger partial charge in [-0.15, -0.1) is 35.3 Å². The normalized spacial score (nSPS) is 17.6. The molecule has 0 radical (unpaired) electrons. The first kappa shape index (κ1) is 26.6. The zero-order valence-corrected chi connectivity index (χ0v) is 21.2. The summed E-state index contributed by atoms with van der Waals surface area (Å²) < 4.78 is 5.54. The molecule has 0 spiro atoms. The Labute approximate surface area is 197 Å². The maximum absolute atomic E-state index is 9.35. The lowest BCUT2D eigenvalue weighted by Crippen LogP contribution is -2.46. The van der Waals surface area contributed by atoms with Crippen LogP contribution in [0.25, 0.3) is 0 Å². The average Bonchev–Trinajstić information content (AvgIpc) is 3.21. The Bertz CT molecular complexity index is 551. The van der Waals surface area contributed by atoms with Crippen molar-refractivity contribution in [3.05, 3.63) is 22.4 Å². The van der Waals surface area contributed by atoms with E-state index < -0.39 is 0 Å². The van der Waals surface area contributed by atoms with Crippen molar-refractivity contribution in [1.82, 2.24) is 15.5 Å². The third kappa shape index (κ3) is 9.95. The summed E-state index contributed by atoms with van der Waals surface area (Å²) in [4.78, 5) is 8.70. The summed E-state index contributed by atoms with van der Waals surface area (Å²) >= 11 is 1.81. The van der Waals surface area contributed by atoms with Gasteiger partial charge in [0.1, 0.15) is 0 Å². The van der Waals surface area contributed by atoms with Gasteiger partial charge in [-0.25, -0.2) is 0 Å². The van der Waals surface area contributed by atoms with Gasteiger partial charge >= 0.3 is 0 Å². The number of hydrogen-bond acceptors (Lipinski definition) is 5. The molecule has 0 amide bonds. The summed E-state index contributed by atoms with van der Waals surface area (Å²) in [7, 11) is 0. The summed E-state index contributed by atoms with van der Waals surface area (Å²) in [5.41, 5.74) is 0. The minimum absolute atomic E-state index is 0. The Hall–Kier alpha value is -0.420. The summed E-state index contributed by atoms with van der Waals surface area (Å²) in [6.07, 6.45) is 1.90. The molecule has 168 valence electrons. The first-order valence-corrected chi connectivity index (χ1v) is 11.5. The molecule has 6 nitrogen and oxygen atoms in total. The van der Waals surface area contributed by atoms with Crippen molar-refractivity contribution in [2.75, 3.05) is 52.5 Å². The summed E-state index contributed by atoms with van der Waals surface area (Å²) in [6.45, 7) is 12.7. The first-order valence-electron chi connectivity index (χ1n) is 10.6. The largest absolute Gasteiger partial charge is 0.396 e. The number of nitrogens with zero attached hydrogens (tertiary/aromatic N) is 2. The molecule has 1 saturated heterocycles. The van der Waals surface area contributed by atoms with Crippen molar-refractivity contribution in [2.45, 2.75) is 39.7 Å². The van der Waals surface area contributed by atoms with Gasteiger partial charge in [0.2, 0.25) is 0 Å². The van der Waals surface area contributed by atoms with Crippen LogP contribution in [-0.4, -0.2) is 68.5 Å². The summed E-state index contributed by atoms with van der Waals surface area (Å²) in [5, 5.41) is 18.4. The second kappa shape index (κ2) is 15.4. The first-order chi connectivity index (χ1) is 13.6. The molecule has 29 heavy (non-hydrogen) atoms. The average molecular weight is 539 g/mol. The van der Waals surface area contributed by atoms with E-state index in [0.29, 0.717) is 17.9 Å². The van der Waals surface area contributed by atoms with Gasteiger partial charge in [-0.2, -0.15) is 0 Å². The number of guanidine groups is 1. The number of rotatable bonds is 11. The van der Waals surface area contributed by atoms with Gasteiger partial charge < -0.3 is 20.5 Å². The van der Waals surface area contributed by atoms with Crippen LogP contribution in [0.2, 0.25) is 0 Å². The second-order valence-corrected chi connectivity index (χ2v) is 8.77. The van der Waals surface area contributed by atoms with E-state index in [4.69, 9.17) is 9.73 Å². The number of ether oxygens (including phenoxy) is 1. The van der Waals surface area contributed by atoms with Gasteiger partial charge in [-0.1, -0.05) is 19.9 Å². The fraction of sp³-hybridized carbons (Fsp3) is 0.762. The maximum Gasteiger partial charge on any atom is 0.191 e. The highest BCUT2D eigenvalue weighted by atomic mass is 127. The lowest BCUT2D eigenvalue weighted by atomic mass is 9.94. The molecule has 1 aromatic heterocycles. The van der Waals surface area contributed by atoms with Crippen LogP contribution in [0.15, 0.2) is 22.5 Å². The van der Waals surface area contributed by atoms with Crippen LogP contribution in [0.3, 0.4) is 0 Å². The van der Waals surface area contributed by atoms with E-state index in [1.165, 1.54) is 4.88 Å². The highest BCUT2D eigenvalue weighted by Crippen LogP contribution is 2.25. The SMILES string of the molecule is CCNC(=NCC(CCO)CC(C)C)NCC(c1cccs1)N1CCOCC1.I. The van der Waals surface area contributed by atoms with Crippen LogP contribution < -0.4 is 10.6 Å². The fourth-order valence-corrected chi connectivity index (χ4v) is 4.53. The number of nitrogens with one attached hydrogen (secondary N) is 2. The third-order valence-corrected chi connectivity index (χ3v) is 5.99. The monoisotopic (exact) mass is 538 g/mol. The van der Waals surface area contributed by atoms with E-state index in [2.05, 4.69) is 53.8 Å². The Morgan fingerprint density at radius 3 is 2.66 bits per heavy atom. The molecular formula is C21H39IN4O2S. The van der Waals surface area contributed by atoms with Gasteiger partial charge in [0.05, 0.1) is 19.3 Å². The molecular weight excluding hydrogens is 499 g/mol. The van der Waals surface area contributed by atoms with Crippen molar-refractivity contribution in [2.24, 2.45) is 16.8 Å². The highest BCUT2D eigenvalue weighted by molar-refractivity contribution is 14.0. The molecule has 0 aliphatic carbocycles. The van der Waals surface area contributed by atoms with E-state index in [0.717, 1.165) is 64.7 Å². The van der Waals surface area contributed by atoms with E-state index in [1.807, 2.05) is 11.3 Å². The standard InChI is InChI=1S/C21H38N4O2S.HI/c1-4-22-21(23-15-18(7-10-26)14-17(2)3)24-16-19(20-6-5-13-28-20)25-8-11-27-12-9-25;/h5-6,13,17-19,26H,4,7-12,14-16H2,1-3H3,(H2,22,23,24);1H. The van der Waals surface area contributed by atoms with Crippen LogP contribution in [0.4, 0.5) is 0 Å². The lowest BCUT2D eigenvalue weighted by Gasteiger charge is -2.34. The van der Waals surface area contributed by atoms with E-state index in [-0.39, 0.29) is 30.6 Å². The smallest absolute Gasteiger partial charge is 0.191 e. The molecule has 3 N–H and O–H groups in total. The van der Waals surface area contributed by atoms with Crippen molar-refractivity contribution in [1.29, 1.82) is 0 Å². The topological polar surface area (TPSA) is 69.1 Å². The van der Waals surface area contributed by atoms with Crippen LogP contribution in [0, 0.1) is 11.8 Å². The van der Waals surface area contributed by atoms with Gasteiger partial charge in [-0.05, 0) is 43.0 Å². The predicted molar refractivity (Wildman–Crippen MR) is 133 cm³/mol. The molecule has 2 unspecified atom stereocenters. The van der Waals surface area contributed by atoms with Crippen LogP contribution >= 0.6 is 35.3 Å². The number of thiophene rings is 1. The molecule has 0 bridgehead atoms. The van der Waals surface area contributed by atoms with Crippen molar-refractivity contribution in [3.63, 3.8) is 0 Å². The molecule has 0 aromatic carbocycles. The lowest BCUT2D eigenvalue weighted by molar-refractivity contribution is 0.0177. The Morgan fingerprint density at radius 2 is 2.07 bits per heavy atom. The zero-order chi connectivity index (χ0) is 20.2. The number of morpholine rings is 1. The molecule has 1 aromatic rings. The van der Waals surface area contributed by atoms with Gasteiger partial charge in [-0.3, -0.25) is 9.89 Å². The zero-order valence-electron chi connectivity index (χ0n) is 18.1. The number of aliphatic imine (C=N–C) groups is 1. The maximum atomic E-state index is 9.35. The van der Waals surface area contributed by atoms with Gasteiger partial charge in [0, 0.05) is 44.2 Å². The Kier molecular flexibility index (Phi) is 14.1. The fourth-order valence-electron chi connectivity index (χ4n) is 3.67. The molecule has 2 rings (SSSR count). The van der Waals surface area contributed by atoms with Crippen LogP contribution in [-0.2, 0) is 4.74 Å². The predicted octanol–water partition coefficient (Wildman–Crippen LogP) is 3.34. The van der Waals surface area contributed by atoms with Crippen molar-refractivity contribution >= 4 is 41.3 Å². The van der Waals surface area contributed by atoms with Crippen molar-refractivity contribution < 1.29 is 9.84 Å². The number of aliphatic hydroxyl groups excluding tert-OH is 1. The minimum Gasteiger partial charge on any atom is -0.396 e. The number of halogens is 1. The second-order valence-electron chi connectivity index (χ2n) is 7.79. The van der Waals surface area contributed by atoms with Gasteiger partial charge in [0.25, 0.3) is 0 Å². The molecule has 1 aliphatic rings. The minimum atomic E-state index is 0. The quantitative estimate of drug-likeness (QED) is 0.229. The molecule has 0 saturated carbocycles. The molecule has 2 heterocycles. The highest BCUT2D eigenvalue weighted by Gasteiger charge is 2.23. The summed E-state index contributed by atoms with van der Waals surface area (Å²) in [5.74, 6) is 1.91. The summed E-state index contributed by atoms with van der Waals surface area (Å²) in [6, 6.07) is 4.67. The van der Waals surface area contributed by atoms with Crippen LogP contribution in [0.1, 0.15) is 44.5 Å².